The average molecular weight is 329 g/mol. The van der Waals surface area contributed by atoms with Crippen LogP contribution in [0.2, 0.25) is 0 Å². The van der Waals surface area contributed by atoms with Crippen LogP contribution in [0.3, 0.4) is 0 Å². The van der Waals surface area contributed by atoms with E-state index in [2.05, 4.69) is 11.8 Å². The molecule has 0 aliphatic carbocycles. The van der Waals surface area contributed by atoms with Crippen LogP contribution in [-0.2, 0) is 4.79 Å². The summed E-state index contributed by atoms with van der Waals surface area (Å²) < 4.78 is 0. The Hall–Kier alpha value is -1.39. The van der Waals surface area contributed by atoms with Crippen LogP contribution >= 0.6 is 0 Å². The first-order chi connectivity index (χ1) is 11.6. The summed E-state index contributed by atoms with van der Waals surface area (Å²) in [5.41, 5.74) is 7.13. The highest BCUT2D eigenvalue weighted by Gasteiger charge is 2.30. The predicted molar refractivity (Wildman–Crippen MR) is 97.6 cm³/mol. The van der Waals surface area contributed by atoms with Crippen molar-refractivity contribution in [2.24, 2.45) is 11.7 Å². The summed E-state index contributed by atoms with van der Waals surface area (Å²) in [6.07, 6.45) is 6.32. The third kappa shape index (κ3) is 4.17. The predicted octanol–water partition coefficient (Wildman–Crippen LogP) is 2.80. The van der Waals surface area contributed by atoms with Gasteiger partial charge in [0.15, 0.2) is 0 Å². The second-order valence-corrected chi connectivity index (χ2v) is 7.52. The lowest BCUT2D eigenvalue weighted by atomic mass is 9.94. The van der Waals surface area contributed by atoms with Gasteiger partial charge in [-0.25, -0.2) is 0 Å². The number of piperidine rings is 2. The number of benzene rings is 1. The van der Waals surface area contributed by atoms with E-state index < -0.39 is 6.04 Å². The van der Waals surface area contributed by atoms with Gasteiger partial charge < -0.3 is 15.5 Å². The van der Waals surface area contributed by atoms with Crippen molar-refractivity contribution < 1.29 is 4.79 Å². The van der Waals surface area contributed by atoms with Crippen LogP contribution in [0.4, 0.5) is 0 Å². The van der Waals surface area contributed by atoms with Gasteiger partial charge >= 0.3 is 0 Å². The van der Waals surface area contributed by atoms with E-state index in [4.69, 9.17) is 5.73 Å². The molecule has 1 aromatic carbocycles. The molecular weight excluding hydrogens is 298 g/mol. The van der Waals surface area contributed by atoms with Crippen LogP contribution in [0, 0.1) is 5.92 Å². The monoisotopic (exact) mass is 329 g/mol. The first-order valence-corrected chi connectivity index (χ1v) is 9.48. The third-order valence-corrected chi connectivity index (χ3v) is 5.69. The van der Waals surface area contributed by atoms with Crippen molar-refractivity contribution in [2.75, 3.05) is 26.2 Å². The Balaban J connectivity index is 1.57. The molecule has 0 spiro atoms. The number of likely N-dealkylation sites (tertiary alicyclic amines) is 2. The summed E-state index contributed by atoms with van der Waals surface area (Å²) in [5.74, 6) is 0.670. The molecule has 0 saturated carbocycles. The maximum Gasteiger partial charge on any atom is 0.244 e. The van der Waals surface area contributed by atoms with Crippen LogP contribution in [0.5, 0.6) is 0 Å². The molecule has 0 unspecified atom stereocenters. The summed E-state index contributed by atoms with van der Waals surface area (Å²) in [6.45, 7) is 6.41. The van der Waals surface area contributed by atoms with E-state index in [-0.39, 0.29) is 5.91 Å². The summed E-state index contributed by atoms with van der Waals surface area (Å²) in [6, 6.07) is 9.89. The van der Waals surface area contributed by atoms with Gasteiger partial charge in [-0.1, -0.05) is 36.8 Å². The van der Waals surface area contributed by atoms with Crippen LogP contribution in [0.25, 0.3) is 0 Å². The van der Waals surface area contributed by atoms with Crippen LogP contribution in [-0.4, -0.2) is 47.9 Å². The van der Waals surface area contributed by atoms with E-state index in [1.54, 1.807) is 0 Å². The van der Waals surface area contributed by atoms with Gasteiger partial charge in [0, 0.05) is 25.7 Å². The van der Waals surface area contributed by atoms with Gasteiger partial charge in [-0.2, -0.15) is 0 Å². The van der Waals surface area contributed by atoms with Crippen molar-refractivity contribution in [3.05, 3.63) is 35.9 Å². The van der Waals surface area contributed by atoms with Crippen molar-refractivity contribution >= 4 is 5.91 Å². The molecule has 2 N–H and O–H groups in total. The Morgan fingerprint density at radius 1 is 1.17 bits per heavy atom. The largest absolute Gasteiger partial charge is 0.341 e. The third-order valence-electron chi connectivity index (χ3n) is 5.69. The molecule has 1 aromatic rings. The molecule has 3 rings (SSSR count). The van der Waals surface area contributed by atoms with Gasteiger partial charge in [-0.05, 0) is 50.6 Å². The Morgan fingerprint density at radius 3 is 2.71 bits per heavy atom. The van der Waals surface area contributed by atoms with Crippen LogP contribution in [0.15, 0.2) is 30.3 Å². The molecule has 24 heavy (non-hydrogen) atoms. The molecule has 0 bridgehead atoms. The summed E-state index contributed by atoms with van der Waals surface area (Å²) in [5, 5.41) is 0. The van der Waals surface area contributed by atoms with Crippen molar-refractivity contribution in [3.63, 3.8) is 0 Å². The normalized spacial score (nSPS) is 27.0. The van der Waals surface area contributed by atoms with Gasteiger partial charge in [0.1, 0.15) is 6.04 Å². The molecule has 2 aliphatic heterocycles. The highest BCUT2D eigenvalue weighted by atomic mass is 16.2. The van der Waals surface area contributed by atoms with E-state index in [0.717, 1.165) is 31.6 Å². The molecule has 2 fully saturated rings. The van der Waals surface area contributed by atoms with E-state index in [9.17, 15) is 4.79 Å². The number of nitrogens with zero attached hydrogens (tertiary/aromatic N) is 2. The van der Waals surface area contributed by atoms with E-state index in [0.29, 0.717) is 12.0 Å². The Labute approximate surface area is 146 Å². The number of hydrogen-bond acceptors (Lipinski definition) is 3. The Bertz CT molecular complexity index is 533. The molecule has 4 heteroatoms. The topological polar surface area (TPSA) is 49.6 Å². The van der Waals surface area contributed by atoms with E-state index in [1.165, 1.54) is 32.2 Å². The fraction of sp³-hybridized carbons (Fsp3) is 0.650. The zero-order valence-electron chi connectivity index (χ0n) is 14.9. The van der Waals surface area contributed by atoms with Crippen LogP contribution in [0.1, 0.15) is 50.6 Å². The minimum Gasteiger partial charge on any atom is -0.341 e. The molecule has 0 radical (unpaired) electrons. The fourth-order valence-corrected chi connectivity index (χ4v) is 4.17. The van der Waals surface area contributed by atoms with Gasteiger partial charge in [-0.15, -0.1) is 0 Å². The maximum atomic E-state index is 12.8. The van der Waals surface area contributed by atoms with Crippen molar-refractivity contribution in [1.82, 2.24) is 9.80 Å². The second kappa shape index (κ2) is 8.13. The summed E-state index contributed by atoms with van der Waals surface area (Å²) in [4.78, 5) is 17.4. The molecule has 4 nitrogen and oxygen atoms in total. The molecule has 2 aliphatic rings. The minimum atomic E-state index is -0.529. The standard InChI is InChI=1S/C20H31N3O/c1-16-8-5-6-12-22(16)14-17-9-7-13-23(15-17)20(24)19(21)18-10-3-2-4-11-18/h2-4,10-11,16-17,19H,5-9,12-15,21H2,1H3/t16-,17+,19-/m1/s1. The van der Waals surface area contributed by atoms with Gasteiger partial charge in [-0.3, -0.25) is 4.79 Å². The van der Waals surface area contributed by atoms with Gasteiger partial charge in [0.25, 0.3) is 0 Å². The number of carbonyl (C=O) groups is 1. The molecule has 2 saturated heterocycles. The highest BCUT2D eigenvalue weighted by Crippen LogP contribution is 2.24. The molecular formula is C20H31N3O. The molecule has 2 heterocycles. The quantitative estimate of drug-likeness (QED) is 0.924. The second-order valence-electron chi connectivity index (χ2n) is 7.52. The van der Waals surface area contributed by atoms with Gasteiger partial charge in [0.05, 0.1) is 0 Å². The first kappa shape index (κ1) is 17.4. The molecule has 3 atom stereocenters. The Morgan fingerprint density at radius 2 is 1.96 bits per heavy atom. The molecule has 0 aromatic heterocycles. The molecule has 132 valence electrons. The number of nitrogens with two attached hydrogens (primary N) is 1. The zero-order valence-corrected chi connectivity index (χ0v) is 14.9. The van der Waals surface area contributed by atoms with Crippen molar-refractivity contribution in [3.8, 4) is 0 Å². The average Bonchev–Trinajstić information content (AvgIpc) is 2.63. The smallest absolute Gasteiger partial charge is 0.244 e. The van der Waals surface area contributed by atoms with Crippen LogP contribution < -0.4 is 5.73 Å². The zero-order chi connectivity index (χ0) is 16.9. The SMILES string of the molecule is C[C@@H]1CCCCN1C[C@@H]1CCCN(C(=O)[C@H](N)c2ccccc2)C1. The lowest BCUT2D eigenvalue weighted by molar-refractivity contribution is -0.134. The number of amides is 1. The highest BCUT2D eigenvalue weighted by molar-refractivity contribution is 5.83. The lowest BCUT2D eigenvalue weighted by Gasteiger charge is -2.40. The number of hydrogen-bond donors (Lipinski definition) is 1. The molecule has 1 amide bonds. The van der Waals surface area contributed by atoms with E-state index >= 15 is 0 Å². The fourth-order valence-electron chi connectivity index (χ4n) is 4.17. The van der Waals surface area contributed by atoms with E-state index in [1.807, 2.05) is 35.2 Å². The first-order valence-electron chi connectivity index (χ1n) is 9.48. The number of rotatable bonds is 4. The lowest BCUT2D eigenvalue weighted by Crippen LogP contribution is -2.48. The number of carbonyl (C=O) groups excluding carboxylic acids is 1. The van der Waals surface area contributed by atoms with Crippen molar-refractivity contribution in [1.29, 1.82) is 0 Å². The summed E-state index contributed by atoms with van der Waals surface area (Å²) in [7, 11) is 0. The Kier molecular flexibility index (Phi) is 5.90. The minimum absolute atomic E-state index is 0.0811. The summed E-state index contributed by atoms with van der Waals surface area (Å²) >= 11 is 0. The van der Waals surface area contributed by atoms with Gasteiger partial charge in [0.2, 0.25) is 5.91 Å². The maximum absolute atomic E-state index is 12.8. The van der Waals surface area contributed by atoms with Crippen molar-refractivity contribution in [2.45, 2.75) is 51.1 Å².